The Hall–Kier alpha value is -3.25. The van der Waals surface area contributed by atoms with Crippen molar-refractivity contribution in [2.45, 2.75) is 36.5 Å². The highest BCUT2D eigenvalue weighted by Crippen LogP contribution is 2.33. The molecule has 0 N–H and O–H groups in total. The molecule has 0 bridgehead atoms. The summed E-state index contributed by atoms with van der Waals surface area (Å²) in [6, 6.07) is 10.5. The molecule has 12 heteroatoms. The van der Waals surface area contributed by atoms with E-state index in [1.165, 1.54) is 34.6 Å². The lowest BCUT2D eigenvalue weighted by Gasteiger charge is -2.37. The molecule has 0 saturated carbocycles. The number of nitrogens with zero attached hydrogens (tertiary/aromatic N) is 5. The summed E-state index contributed by atoms with van der Waals surface area (Å²) in [7, 11) is -3.75. The molecule has 0 radical (unpaired) electrons. The molecule has 2 fully saturated rings. The van der Waals surface area contributed by atoms with Crippen LogP contribution in [0.1, 0.15) is 30.1 Å². The van der Waals surface area contributed by atoms with Crippen LogP contribution < -0.4 is 0 Å². The quantitative estimate of drug-likeness (QED) is 0.513. The highest BCUT2D eigenvalue weighted by atomic mass is 32.2. The Morgan fingerprint density at radius 2 is 1.77 bits per heavy atom. The molecule has 3 aromatic rings. The normalized spacial score (nSPS) is 17.7. The molecule has 2 aliphatic rings. The first-order valence-corrected chi connectivity index (χ1v) is 12.5. The number of carbonyl (C=O) groups excluding carboxylic acids is 1. The number of amides is 1. The summed E-state index contributed by atoms with van der Waals surface area (Å²) in [5.41, 5.74) is 0.738. The summed E-state index contributed by atoms with van der Waals surface area (Å²) in [6.07, 6.45) is -1.33. The van der Waals surface area contributed by atoms with Crippen LogP contribution in [0.3, 0.4) is 0 Å². The maximum atomic E-state index is 13.0. The predicted molar refractivity (Wildman–Crippen MR) is 119 cm³/mol. The molecule has 3 heterocycles. The largest absolute Gasteiger partial charge is 0.416 e. The van der Waals surface area contributed by atoms with Crippen LogP contribution in [0.15, 0.2) is 59.6 Å². The molecule has 0 unspecified atom stereocenters. The van der Waals surface area contributed by atoms with Gasteiger partial charge >= 0.3 is 6.18 Å². The molecule has 8 nitrogen and oxygen atoms in total. The second kappa shape index (κ2) is 8.76. The van der Waals surface area contributed by atoms with Gasteiger partial charge in [0.2, 0.25) is 15.9 Å². The first-order chi connectivity index (χ1) is 16.6. The fourth-order valence-corrected chi connectivity index (χ4v) is 5.77. The summed E-state index contributed by atoms with van der Waals surface area (Å²) in [5, 5.41) is 8.19. The second-order valence-corrected chi connectivity index (χ2v) is 10.6. The average molecular weight is 506 g/mol. The van der Waals surface area contributed by atoms with E-state index < -0.39 is 21.8 Å². The molecular weight excluding hydrogens is 483 g/mol. The number of carbonyl (C=O) groups is 1. The van der Waals surface area contributed by atoms with Gasteiger partial charge in [-0.25, -0.2) is 13.1 Å². The summed E-state index contributed by atoms with van der Waals surface area (Å²) >= 11 is 0. The summed E-state index contributed by atoms with van der Waals surface area (Å²) in [5.74, 6) is 0.0968. The van der Waals surface area contributed by atoms with Crippen LogP contribution in [0.4, 0.5) is 13.2 Å². The third-order valence-electron chi connectivity index (χ3n) is 6.30. The number of likely N-dealkylation sites (tertiary alicyclic amines) is 1. The van der Waals surface area contributed by atoms with Gasteiger partial charge in [0.05, 0.1) is 29.2 Å². The minimum atomic E-state index is -4.45. The van der Waals surface area contributed by atoms with Crippen LogP contribution in [0.5, 0.6) is 0 Å². The SMILES string of the molecule is O=C1CCCN1Cc1cn(C2CN(S(=O)(=O)c3ccc(-c4cccc(C(F)(F)F)c4)cc3)C2)nn1. The van der Waals surface area contributed by atoms with E-state index in [9.17, 15) is 26.4 Å². The number of hydrogen-bond acceptors (Lipinski definition) is 5. The fourth-order valence-electron chi connectivity index (χ4n) is 4.25. The van der Waals surface area contributed by atoms with E-state index >= 15 is 0 Å². The molecule has 5 rings (SSSR count). The van der Waals surface area contributed by atoms with Crippen LogP contribution in [-0.4, -0.2) is 58.2 Å². The summed E-state index contributed by atoms with van der Waals surface area (Å²) in [4.78, 5) is 13.6. The van der Waals surface area contributed by atoms with E-state index in [4.69, 9.17) is 0 Å². The van der Waals surface area contributed by atoms with Gasteiger partial charge in [0, 0.05) is 26.1 Å². The molecule has 2 saturated heterocycles. The van der Waals surface area contributed by atoms with Crippen molar-refractivity contribution in [2.75, 3.05) is 19.6 Å². The number of rotatable bonds is 6. The van der Waals surface area contributed by atoms with Crippen molar-refractivity contribution in [1.82, 2.24) is 24.2 Å². The maximum absolute atomic E-state index is 13.0. The zero-order valence-electron chi connectivity index (χ0n) is 18.5. The van der Waals surface area contributed by atoms with E-state index in [-0.39, 0.29) is 29.9 Å². The standard InChI is InChI=1S/C23H22F3N5O3S/c24-23(25,26)18-4-1-3-17(11-18)16-6-8-21(9-7-16)35(33,34)30-14-20(15-30)31-13-19(27-28-31)12-29-10-2-5-22(29)32/h1,3-4,6-9,11,13,20H,2,5,10,12,14-15H2. The molecule has 0 spiro atoms. The van der Waals surface area contributed by atoms with E-state index in [1.54, 1.807) is 21.8 Å². The van der Waals surface area contributed by atoms with Crippen molar-refractivity contribution in [3.05, 3.63) is 66.0 Å². The van der Waals surface area contributed by atoms with Gasteiger partial charge in [-0.1, -0.05) is 29.5 Å². The van der Waals surface area contributed by atoms with E-state index in [0.717, 1.165) is 18.6 Å². The lowest BCUT2D eigenvalue weighted by Crippen LogP contribution is -2.50. The first-order valence-electron chi connectivity index (χ1n) is 11.1. The number of aromatic nitrogens is 3. The Balaban J connectivity index is 1.23. The highest BCUT2D eigenvalue weighted by molar-refractivity contribution is 7.89. The summed E-state index contributed by atoms with van der Waals surface area (Å²) < 4.78 is 67.9. The predicted octanol–water partition coefficient (Wildman–Crippen LogP) is 3.33. The lowest BCUT2D eigenvalue weighted by molar-refractivity contribution is -0.137. The third kappa shape index (κ3) is 4.67. The van der Waals surface area contributed by atoms with E-state index in [2.05, 4.69) is 10.3 Å². The van der Waals surface area contributed by atoms with E-state index in [0.29, 0.717) is 36.3 Å². The van der Waals surface area contributed by atoms with Crippen molar-refractivity contribution in [1.29, 1.82) is 0 Å². The molecule has 0 aliphatic carbocycles. The summed E-state index contributed by atoms with van der Waals surface area (Å²) in [6.45, 7) is 1.55. The Bertz CT molecular complexity index is 1350. The molecule has 0 atom stereocenters. The van der Waals surface area contributed by atoms with Crippen LogP contribution in [0.25, 0.3) is 11.1 Å². The average Bonchev–Trinajstić information content (AvgIpc) is 3.41. The Morgan fingerprint density at radius 3 is 2.43 bits per heavy atom. The van der Waals surface area contributed by atoms with Gasteiger partial charge in [-0.05, 0) is 41.8 Å². The van der Waals surface area contributed by atoms with Crippen LogP contribution in [0, 0.1) is 0 Å². The van der Waals surface area contributed by atoms with Crippen LogP contribution in [-0.2, 0) is 27.5 Å². The lowest BCUT2D eigenvalue weighted by atomic mass is 10.0. The van der Waals surface area contributed by atoms with Crippen LogP contribution >= 0.6 is 0 Å². The zero-order chi connectivity index (χ0) is 24.8. The molecule has 35 heavy (non-hydrogen) atoms. The molecule has 184 valence electrons. The van der Waals surface area contributed by atoms with Crippen LogP contribution in [0.2, 0.25) is 0 Å². The van der Waals surface area contributed by atoms with Gasteiger partial charge in [-0.2, -0.15) is 17.5 Å². The molecule has 1 aromatic heterocycles. The molecule has 2 aromatic carbocycles. The minimum absolute atomic E-state index is 0.0681. The number of sulfonamides is 1. The minimum Gasteiger partial charge on any atom is -0.337 e. The Kier molecular flexibility index (Phi) is 5.88. The maximum Gasteiger partial charge on any atom is 0.416 e. The van der Waals surface area contributed by atoms with Crippen molar-refractivity contribution in [3.8, 4) is 11.1 Å². The highest BCUT2D eigenvalue weighted by Gasteiger charge is 2.38. The van der Waals surface area contributed by atoms with Gasteiger partial charge < -0.3 is 4.90 Å². The molecular formula is C23H22F3N5O3S. The topological polar surface area (TPSA) is 88.4 Å². The van der Waals surface area contributed by atoms with Gasteiger partial charge in [0.15, 0.2) is 0 Å². The number of hydrogen-bond donors (Lipinski definition) is 0. The van der Waals surface area contributed by atoms with Crippen molar-refractivity contribution in [2.24, 2.45) is 0 Å². The monoisotopic (exact) mass is 505 g/mol. The van der Waals surface area contributed by atoms with Gasteiger partial charge in [0.1, 0.15) is 5.69 Å². The fraction of sp³-hybridized carbons (Fsp3) is 0.348. The smallest absolute Gasteiger partial charge is 0.337 e. The Morgan fingerprint density at radius 1 is 1.03 bits per heavy atom. The number of alkyl halides is 3. The number of halogens is 3. The Labute approximate surface area is 200 Å². The van der Waals surface area contributed by atoms with Gasteiger partial charge in [0.25, 0.3) is 0 Å². The first kappa shape index (κ1) is 23.5. The van der Waals surface area contributed by atoms with Gasteiger partial charge in [-0.3, -0.25) is 4.79 Å². The molecule has 1 amide bonds. The van der Waals surface area contributed by atoms with Crippen molar-refractivity contribution < 1.29 is 26.4 Å². The number of benzene rings is 2. The molecule has 2 aliphatic heterocycles. The van der Waals surface area contributed by atoms with Crippen molar-refractivity contribution >= 4 is 15.9 Å². The van der Waals surface area contributed by atoms with Gasteiger partial charge in [-0.15, -0.1) is 5.10 Å². The second-order valence-electron chi connectivity index (χ2n) is 8.69. The van der Waals surface area contributed by atoms with Crippen molar-refractivity contribution in [3.63, 3.8) is 0 Å². The third-order valence-corrected chi connectivity index (χ3v) is 8.15. The zero-order valence-corrected chi connectivity index (χ0v) is 19.3. The van der Waals surface area contributed by atoms with E-state index in [1.807, 2.05) is 0 Å².